The number of benzene rings is 3. The quantitative estimate of drug-likeness (QED) is 0.140. The third-order valence-electron chi connectivity index (χ3n) is 6.05. The van der Waals surface area contributed by atoms with Crippen LogP contribution in [0.2, 0.25) is 0 Å². The van der Waals surface area contributed by atoms with E-state index in [1.54, 1.807) is 26.0 Å². The zero-order valence-corrected chi connectivity index (χ0v) is 21.0. The van der Waals surface area contributed by atoms with E-state index in [2.05, 4.69) is 0 Å². The molecule has 1 aliphatic heterocycles. The Hall–Kier alpha value is -5.37. The van der Waals surface area contributed by atoms with E-state index in [1.165, 1.54) is 36.4 Å². The van der Waals surface area contributed by atoms with Gasteiger partial charge in [0.05, 0.1) is 46.9 Å². The van der Waals surface area contributed by atoms with E-state index in [1.807, 2.05) is 6.07 Å². The van der Waals surface area contributed by atoms with Gasteiger partial charge in [-0.25, -0.2) is 0 Å². The molecule has 1 amide bonds. The molecule has 11 heteroatoms. The van der Waals surface area contributed by atoms with E-state index in [9.17, 15) is 29.9 Å². The standard InChI is InChI=1S/C28H23N3O8/c1-3-38-19-10-11-20(23(14-19)39-4-2)26(33)24-25(17-7-12-22(32)21(13-17)31(36)37)30(28(35)27(24)34)18-8-5-16(15-29)6-9-18/h5-14,25,32-33H,3-4H2,1-2H3/b26-24-. The molecule has 1 aliphatic rings. The Morgan fingerprint density at radius 2 is 1.74 bits per heavy atom. The van der Waals surface area contributed by atoms with E-state index in [0.717, 1.165) is 17.0 Å². The molecule has 0 aliphatic carbocycles. The summed E-state index contributed by atoms with van der Waals surface area (Å²) in [6.07, 6.45) is 0. The minimum atomic E-state index is -1.31. The number of hydrogen-bond donors (Lipinski definition) is 2. The lowest BCUT2D eigenvalue weighted by Gasteiger charge is -2.25. The van der Waals surface area contributed by atoms with Crippen LogP contribution in [0.15, 0.2) is 66.2 Å². The molecule has 0 saturated carbocycles. The summed E-state index contributed by atoms with van der Waals surface area (Å²) in [4.78, 5) is 38.6. The average molecular weight is 530 g/mol. The number of nitriles is 1. The first-order valence-corrected chi connectivity index (χ1v) is 11.9. The fourth-order valence-corrected chi connectivity index (χ4v) is 4.34. The number of amides is 1. The number of nitrogens with zero attached hydrogens (tertiary/aromatic N) is 3. The van der Waals surface area contributed by atoms with Gasteiger partial charge in [0, 0.05) is 17.8 Å². The molecule has 1 heterocycles. The van der Waals surface area contributed by atoms with Crippen LogP contribution in [0.4, 0.5) is 11.4 Å². The van der Waals surface area contributed by atoms with Gasteiger partial charge in [-0.05, 0) is 61.9 Å². The number of nitro groups is 1. The summed E-state index contributed by atoms with van der Waals surface area (Å²) in [5.74, 6) is -2.54. The Morgan fingerprint density at radius 1 is 1.05 bits per heavy atom. The van der Waals surface area contributed by atoms with Gasteiger partial charge in [0.15, 0.2) is 5.75 Å². The minimum absolute atomic E-state index is 0.0912. The van der Waals surface area contributed by atoms with Crippen LogP contribution >= 0.6 is 0 Å². The van der Waals surface area contributed by atoms with Crippen LogP contribution in [0.25, 0.3) is 5.76 Å². The van der Waals surface area contributed by atoms with Crippen molar-refractivity contribution < 1.29 is 34.2 Å². The van der Waals surface area contributed by atoms with E-state index in [4.69, 9.17) is 14.7 Å². The second-order valence-corrected chi connectivity index (χ2v) is 8.36. The van der Waals surface area contributed by atoms with Gasteiger partial charge < -0.3 is 19.7 Å². The molecule has 39 heavy (non-hydrogen) atoms. The Bertz CT molecular complexity index is 1540. The highest BCUT2D eigenvalue weighted by atomic mass is 16.6. The van der Waals surface area contributed by atoms with Gasteiger partial charge in [-0.3, -0.25) is 24.6 Å². The largest absolute Gasteiger partial charge is 0.507 e. The van der Waals surface area contributed by atoms with Gasteiger partial charge in [0.1, 0.15) is 17.3 Å². The first-order valence-electron chi connectivity index (χ1n) is 11.9. The number of aromatic hydroxyl groups is 1. The highest BCUT2D eigenvalue weighted by Crippen LogP contribution is 2.45. The first kappa shape index (κ1) is 26.7. The maximum absolute atomic E-state index is 13.4. The fourth-order valence-electron chi connectivity index (χ4n) is 4.34. The molecule has 4 rings (SSSR count). The lowest BCUT2D eigenvalue weighted by Crippen LogP contribution is -2.29. The number of nitro benzene ring substituents is 1. The molecule has 1 unspecified atom stereocenters. The molecular formula is C28H23N3O8. The lowest BCUT2D eigenvalue weighted by molar-refractivity contribution is -0.385. The summed E-state index contributed by atoms with van der Waals surface area (Å²) in [5.41, 5.74) is -0.260. The van der Waals surface area contributed by atoms with Crippen molar-refractivity contribution in [3.05, 3.63) is 93.0 Å². The molecule has 0 spiro atoms. The van der Waals surface area contributed by atoms with Crippen LogP contribution in [-0.4, -0.2) is 40.0 Å². The first-order chi connectivity index (χ1) is 18.7. The predicted octanol–water partition coefficient (Wildman–Crippen LogP) is 4.60. The summed E-state index contributed by atoms with van der Waals surface area (Å²) in [7, 11) is 0. The van der Waals surface area contributed by atoms with E-state index in [-0.39, 0.29) is 34.7 Å². The number of phenolic OH excluding ortho intramolecular Hbond substituents is 1. The molecule has 3 aromatic carbocycles. The number of anilines is 1. The van der Waals surface area contributed by atoms with Crippen LogP contribution in [0, 0.1) is 21.4 Å². The van der Waals surface area contributed by atoms with Crippen molar-refractivity contribution in [1.29, 1.82) is 5.26 Å². The van der Waals surface area contributed by atoms with Crippen molar-refractivity contribution in [3.8, 4) is 23.3 Å². The summed E-state index contributed by atoms with van der Waals surface area (Å²) in [6, 6.07) is 14.5. The van der Waals surface area contributed by atoms with Crippen LogP contribution in [0.3, 0.4) is 0 Å². The Kier molecular flexibility index (Phi) is 7.48. The molecule has 198 valence electrons. The van der Waals surface area contributed by atoms with Gasteiger partial charge >= 0.3 is 5.69 Å². The molecule has 0 bridgehead atoms. The fraction of sp³-hybridized carbons (Fsp3) is 0.179. The number of carbonyl (C=O) groups excluding carboxylic acids is 2. The average Bonchev–Trinajstić information content (AvgIpc) is 3.19. The van der Waals surface area contributed by atoms with Crippen molar-refractivity contribution in [2.24, 2.45) is 0 Å². The Morgan fingerprint density at radius 3 is 2.36 bits per heavy atom. The normalized spacial score (nSPS) is 16.1. The van der Waals surface area contributed by atoms with Crippen LogP contribution < -0.4 is 14.4 Å². The molecule has 0 aromatic heterocycles. The summed E-state index contributed by atoms with van der Waals surface area (Å²) >= 11 is 0. The number of rotatable bonds is 8. The molecule has 1 saturated heterocycles. The molecule has 11 nitrogen and oxygen atoms in total. The highest BCUT2D eigenvalue weighted by Gasteiger charge is 2.47. The maximum atomic E-state index is 13.4. The third kappa shape index (κ3) is 4.95. The van der Waals surface area contributed by atoms with Crippen molar-refractivity contribution in [1.82, 2.24) is 0 Å². The predicted molar refractivity (Wildman–Crippen MR) is 139 cm³/mol. The molecule has 1 atom stereocenters. The van der Waals surface area contributed by atoms with E-state index >= 15 is 0 Å². The monoisotopic (exact) mass is 529 g/mol. The van der Waals surface area contributed by atoms with Crippen LogP contribution in [0.5, 0.6) is 17.2 Å². The number of aliphatic hydroxyl groups excluding tert-OH is 1. The van der Waals surface area contributed by atoms with Crippen molar-refractivity contribution in [2.45, 2.75) is 19.9 Å². The van der Waals surface area contributed by atoms with Gasteiger partial charge in [0.2, 0.25) is 0 Å². The van der Waals surface area contributed by atoms with Gasteiger partial charge in [-0.2, -0.15) is 5.26 Å². The van der Waals surface area contributed by atoms with Gasteiger partial charge in [-0.1, -0.05) is 6.07 Å². The zero-order valence-electron chi connectivity index (χ0n) is 21.0. The Labute approximate surface area is 222 Å². The Balaban J connectivity index is 1.98. The van der Waals surface area contributed by atoms with Crippen molar-refractivity contribution in [2.75, 3.05) is 18.1 Å². The number of aliphatic hydroxyl groups is 1. The molecule has 3 aromatic rings. The zero-order chi connectivity index (χ0) is 28.3. The van der Waals surface area contributed by atoms with Gasteiger partial charge in [0.25, 0.3) is 11.7 Å². The SMILES string of the molecule is CCOc1ccc(/C(O)=C2/C(=O)C(=O)N(c3ccc(C#N)cc3)C2c2ccc(O)c([N+](=O)[O-])c2)c(OCC)c1. The summed E-state index contributed by atoms with van der Waals surface area (Å²) in [5, 5.41) is 42.2. The van der Waals surface area contributed by atoms with Crippen LogP contribution in [0.1, 0.15) is 36.6 Å². The number of Topliss-reactive ketones (excluding diaryl/α,β-unsaturated/α-hetero) is 1. The number of carbonyl (C=O) groups is 2. The maximum Gasteiger partial charge on any atom is 0.311 e. The van der Waals surface area contributed by atoms with E-state index in [0.29, 0.717) is 17.9 Å². The summed E-state index contributed by atoms with van der Waals surface area (Å²) in [6.45, 7) is 4.14. The molecule has 0 radical (unpaired) electrons. The third-order valence-corrected chi connectivity index (χ3v) is 6.05. The van der Waals surface area contributed by atoms with Crippen LogP contribution in [-0.2, 0) is 9.59 Å². The second-order valence-electron chi connectivity index (χ2n) is 8.36. The van der Waals surface area contributed by atoms with Gasteiger partial charge in [-0.15, -0.1) is 0 Å². The van der Waals surface area contributed by atoms with Crippen molar-refractivity contribution >= 4 is 28.8 Å². The molecule has 2 N–H and O–H groups in total. The summed E-state index contributed by atoms with van der Waals surface area (Å²) < 4.78 is 11.2. The molecular weight excluding hydrogens is 506 g/mol. The smallest absolute Gasteiger partial charge is 0.311 e. The lowest BCUT2D eigenvalue weighted by atomic mass is 9.94. The topological polar surface area (TPSA) is 163 Å². The highest BCUT2D eigenvalue weighted by molar-refractivity contribution is 6.51. The van der Waals surface area contributed by atoms with E-state index < -0.39 is 39.9 Å². The minimum Gasteiger partial charge on any atom is -0.507 e. The number of ether oxygens (including phenoxy) is 2. The number of hydrogen-bond acceptors (Lipinski definition) is 9. The van der Waals surface area contributed by atoms with Crippen molar-refractivity contribution in [3.63, 3.8) is 0 Å². The molecule has 1 fully saturated rings. The second kappa shape index (κ2) is 10.9. The number of ketones is 1. The number of phenols is 1.